The molecule has 1 saturated carbocycles. The lowest BCUT2D eigenvalue weighted by molar-refractivity contribution is 0.0628. The molecule has 1 N–H and O–H groups in total. The number of ether oxygens (including phenoxy) is 1. The van der Waals surface area contributed by atoms with E-state index in [9.17, 15) is 5.11 Å². The van der Waals surface area contributed by atoms with Crippen LogP contribution in [-0.2, 0) is 6.54 Å². The van der Waals surface area contributed by atoms with Crippen molar-refractivity contribution in [1.82, 2.24) is 9.78 Å². The molecule has 1 aromatic heterocycles. The van der Waals surface area contributed by atoms with Gasteiger partial charge in [-0.25, -0.2) is 0 Å². The van der Waals surface area contributed by atoms with E-state index in [1.165, 1.54) is 25.7 Å². The third kappa shape index (κ3) is 3.79. The Morgan fingerprint density at radius 2 is 2.00 bits per heavy atom. The SMILES string of the molecule is CCCC1CCC(C(O)c2c(OC)cnn2CCC)CC1. The van der Waals surface area contributed by atoms with Crippen molar-refractivity contribution in [1.29, 1.82) is 0 Å². The highest BCUT2D eigenvalue weighted by atomic mass is 16.5. The van der Waals surface area contributed by atoms with E-state index in [1.807, 2.05) is 4.68 Å². The lowest BCUT2D eigenvalue weighted by Gasteiger charge is -2.31. The molecule has 0 bridgehead atoms. The molecule has 1 atom stereocenters. The van der Waals surface area contributed by atoms with Gasteiger partial charge >= 0.3 is 0 Å². The molecule has 1 unspecified atom stereocenters. The topological polar surface area (TPSA) is 47.3 Å². The fourth-order valence-corrected chi connectivity index (χ4v) is 3.65. The second-order valence-corrected chi connectivity index (χ2v) is 6.34. The van der Waals surface area contributed by atoms with Crippen molar-refractivity contribution in [3.05, 3.63) is 11.9 Å². The summed E-state index contributed by atoms with van der Waals surface area (Å²) in [6.45, 7) is 5.22. The number of aliphatic hydroxyl groups excluding tert-OH is 1. The van der Waals surface area contributed by atoms with E-state index in [0.717, 1.165) is 43.2 Å². The molecule has 21 heavy (non-hydrogen) atoms. The summed E-state index contributed by atoms with van der Waals surface area (Å²) in [7, 11) is 1.65. The molecule has 0 aliphatic heterocycles. The number of aliphatic hydroxyl groups is 1. The Bertz CT molecular complexity index is 422. The summed E-state index contributed by atoms with van der Waals surface area (Å²) in [6.07, 6.45) is 9.63. The molecule has 120 valence electrons. The highest BCUT2D eigenvalue weighted by Gasteiger charge is 2.31. The van der Waals surface area contributed by atoms with Crippen LogP contribution >= 0.6 is 0 Å². The first kappa shape index (κ1) is 16.3. The van der Waals surface area contributed by atoms with E-state index in [-0.39, 0.29) is 0 Å². The van der Waals surface area contributed by atoms with Crippen LogP contribution in [0, 0.1) is 11.8 Å². The van der Waals surface area contributed by atoms with Gasteiger partial charge in [0.25, 0.3) is 0 Å². The molecule has 1 aromatic rings. The molecule has 0 amide bonds. The quantitative estimate of drug-likeness (QED) is 0.828. The maximum absolute atomic E-state index is 10.8. The van der Waals surface area contributed by atoms with E-state index in [0.29, 0.717) is 5.92 Å². The summed E-state index contributed by atoms with van der Waals surface area (Å²) in [5, 5.41) is 15.2. The number of hydrogen-bond donors (Lipinski definition) is 1. The molecule has 0 aromatic carbocycles. The molecule has 1 fully saturated rings. The van der Waals surface area contributed by atoms with Crippen LogP contribution in [0.15, 0.2) is 6.20 Å². The second kappa shape index (κ2) is 7.83. The monoisotopic (exact) mass is 294 g/mol. The predicted molar refractivity (Wildman–Crippen MR) is 84.4 cm³/mol. The van der Waals surface area contributed by atoms with Gasteiger partial charge in [-0.3, -0.25) is 4.68 Å². The highest BCUT2D eigenvalue weighted by molar-refractivity contribution is 5.27. The van der Waals surface area contributed by atoms with Crippen molar-refractivity contribution < 1.29 is 9.84 Å². The first-order valence-electron chi connectivity index (χ1n) is 8.48. The summed E-state index contributed by atoms with van der Waals surface area (Å²) in [6, 6.07) is 0. The number of methoxy groups -OCH3 is 1. The molecule has 1 heterocycles. The highest BCUT2D eigenvalue weighted by Crippen LogP contribution is 2.40. The number of aryl methyl sites for hydroxylation is 1. The van der Waals surface area contributed by atoms with Crippen molar-refractivity contribution in [2.24, 2.45) is 11.8 Å². The van der Waals surface area contributed by atoms with Crippen LogP contribution in [0.5, 0.6) is 5.75 Å². The van der Waals surface area contributed by atoms with Gasteiger partial charge in [0, 0.05) is 6.54 Å². The first-order valence-corrected chi connectivity index (χ1v) is 8.48. The Hall–Kier alpha value is -1.03. The van der Waals surface area contributed by atoms with Gasteiger partial charge < -0.3 is 9.84 Å². The first-order chi connectivity index (χ1) is 10.2. The average Bonchev–Trinajstić information content (AvgIpc) is 2.91. The molecule has 1 aliphatic carbocycles. The summed E-state index contributed by atoms with van der Waals surface area (Å²) in [5.74, 6) is 1.94. The number of nitrogens with zero attached hydrogens (tertiary/aromatic N) is 2. The van der Waals surface area contributed by atoms with Gasteiger partial charge in [0.2, 0.25) is 0 Å². The van der Waals surface area contributed by atoms with E-state index >= 15 is 0 Å². The normalized spacial score (nSPS) is 24.0. The lowest BCUT2D eigenvalue weighted by atomic mass is 9.77. The van der Waals surface area contributed by atoms with Gasteiger partial charge in [-0.1, -0.05) is 39.5 Å². The van der Waals surface area contributed by atoms with Crippen molar-refractivity contribution in [3.63, 3.8) is 0 Å². The van der Waals surface area contributed by atoms with Gasteiger partial charge in [0.05, 0.1) is 13.3 Å². The minimum atomic E-state index is -0.448. The Kier molecular flexibility index (Phi) is 6.09. The van der Waals surface area contributed by atoms with Crippen LogP contribution < -0.4 is 4.74 Å². The molecule has 4 nitrogen and oxygen atoms in total. The number of hydrogen-bond acceptors (Lipinski definition) is 3. The van der Waals surface area contributed by atoms with Crippen LogP contribution in [0.2, 0.25) is 0 Å². The van der Waals surface area contributed by atoms with Crippen molar-refractivity contribution in [2.45, 2.75) is 71.4 Å². The average molecular weight is 294 g/mol. The van der Waals surface area contributed by atoms with Gasteiger partial charge in [-0.2, -0.15) is 5.10 Å². The minimum absolute atomic E-state index is 0.347. The smallest absolute Gasteiger partial charge is 0.162 e. The van der Waals surface area contributed by atoms with Crippen molar-refractivity contribution in [3.8, 4) is 5.75 Å². The summed E-state index contributed by atoms with van der Waals surface area (Å²) >= 11 is 0. The summed E-state index contributed by atoms with van der Waals surface area (Å²) < 4.78 is 7.32. The predicted octanol–water partition coefficient (Wildman–Crippen LogP) is 3.94. The molecule has 4 heteroatoms. The number of aromatic nitrogens is 2. The third-order valence-electron chi connectivity index (χ3n) is 4.82. The van der Waals surface area contributed by atoms with E-state index < -0.39 is 6.10 Å². The largest absolute Gasteiger partial charge is 0.493 e. The second-order valence-electron chi connectivity index (χ2n) is 6.34. The zero-order valence-electron chi connectivity index (χ0n) is 13.7. The lowest BCUT2D eigenvalue weighted by Crippen LogP contribution is -2.23. The summed E-state index contributed by atoms with van der Waals surface area (Å²) in [4.78, 5) is 0. The Morgan fingerprint density at radius 3 is 2.57 bits per heavy atom. The molecular weight excluding hydrogens is 264 g/mol. The van der Waals surface area contributed by atoms with E-state index in [1.54, 1.807) is 13.3 Å². The molecule has 0 radical (unpaired) electrons. The molecule has 0 saturated heterocycles. The van der Waals surface area contributed by atoms with Crippen molar-refractivity contribution >= 4 is 0 Å². The molecular formula is C17H30N2O2. The van der Waals surface area contributed by atoms with Gasteiger partial charge in [-0.05, 0) is 31.1 Å². The zero-order valence-corrected chi connectivity index (χ0v) is 13.7. The number of rotatable bonds is 7. The fourth-order valence-electron chi connectivity index (χ4n) is 3.65. The third-order valence-corrected chi connectivity index (χ3v) is 4.82. The van der Waals surface area contributed by atoms with E-state index in [2.05, 4.69) is 18.9 Å². The van der Waals surface area contributed by atoms with Crippen molar-refractivity contribution in [2.75, 3.05) is 7.11 Å². The van der Waals surface area contributed by atoms with Crippen LogP contribution in [0.3, 0.4) is 0 Å². The minimum Gasteiger partial charge on any atom is -0.493 e. The fraction of sp³-hybridized carbons (Fsp3) is 0.824. The van der Waals surface area contributed by atoms with Crippen LogP contribution in [0.4, 0.5) is 0 Å². The van der Waals surface area contributed by atoms with Gasteiger partial charge in [-0.15, -0.1) is 0 Å². The van der Waals surface area contributed by atoms with Crippen LogP contribution in [-0.4, -0.2) is 22.0 Å². The van der Waals surface area contributed by atoms with E-state index in [4.69, 9.17) is 4.74 Å². The van der Waals surface area contributed by atoms with Gasteiger partial charge in [0.1, 0.15) is 11.8 Å². The zero-order chi connectivity index (χ0) is 15.2. The summed E-state index contributed by atoms with van der Waals surface area (Å²) in [5.41, 5.74) is 0.873. The molecule has 0 spiro atoms. The standard InChI is InChI=1S/C17H30N2O2/c1-4-6-13-7-9-14(10-8-13)17(20)16-15(21-3)12-18-19(16)11-5-2/h12-14,17,20H,4-11H2,1-3H3. The maximum atomic E-state index is 10.8. The van der Waals surface area contributed by atoms with Crippen LogP contribution in [0.1, 0.15) is 70.6 Å². The van der Waals surface area contributed by atoms with Gasteiger partial charge in [0.15, 0.2) is 5.75 Å². The maximum Gasteiger partial charge on any atom is 0.162 e. The molecule has 1 aliphatic rings. The Labute approximate surface area is 128 Å². The van der Waals surface area contributed by atoms with Crippen LogP contribution in [0.25, 0.3) is 0 Å². The molecule has 2 rings (SSSR count). The Morgan fingerprint density at radius 1 is 1.29 bits per heavy atom. The Balaban J connectivity index is 2.06.